The summed E-state index contributed by atoms with van der Waals surface area (Å²) in [5.74, 6) is -1.58. The third-order valence-electron chi connectivity index (χ3n) is 1.97. The maximum atomic E-state index is 13.2. The van der Waals surface area contributed by atoms with E-state index in [1.165, 1.54) is 12.1 Å². The van der Waals surface area contributed by atoms with Gasteiger partial charge in [-0.2, -0.15) is 0 Å². The minimum Gasteiger partial charge on any atom is -0.434 e. The molecule has 88 valence electrons. The Balaban J connectivity index is 2.19. The molecule has 6 heteroatoms. The first-order valence-electron chi connectivity index (χ1n) is 4.75. The molecular formula is C11H8F2N2O2. The van der Waals surface area contributed by atoms with Crippen LogP contribution in [0.2, 0.25) is 0 Å². The van der Waals surface area contributed by atoms with Crippen LogP contribution >= 0.6 is 0 Å². The Morgan fingerprint density at radius 3 is 2.53 bits per heavy atom. The molecule has 1 heterocycles. The van der Waals surface area contributed by atoms with E-state index in [2.05, 4.69) is 10.2 Å². The predicted molar refractivity (Wildman–Crippen MR) is 54.4 cm³/mol. The molecule has 0 spiro atoms. The maximum absolute atomic E-state index is 13.2. The van der Waals surface area contributed by atoms with Crippen LogP contribution in [-0.2, 0) is 6.61 Å². The van der Waals surface area contributed by atoms with Crippen molar-refractivity contribution in [2.24, 2.45) is 0 Å². The molecule has 0 aliphatic heterocycles. The van der Waals surface area contributed by atoms with E-state index in [0.29, 0.717) is 11.8 Å². The molecule has 0 bridgehead atoms. The van der Waals surface area contributed by atoms with Gasteiger partial charge in [0.25, 0.3) is 0 Å². The van der Waals surface area contributed by atoms with Crippen molar-refractivity contribution in [3.8, 4) is 11.6 Å². The second-order valence-electron chi connectivity index (χ2n) is 3.20. The van der Waals surface area contributed by atoms with E-state index in [0.717, 1.165) is 12.1 Å². The molecule has 0 aliphatic carbocycles. The van der Waals surface area contributed by atoms with Gasteiger partial charge in [0.05, 0.1) is 12.3 Å². The van der Waals surface area contributed by atoms with Gasteiger partial charge in [-0.05, 0) is 18.2 Å². The summed E-state index contributed by atoms with van der Waals surface area (Å²) in [6.07, 6.45) is 0. The van der Waals surface area contributed by atoms with Crippen LogP contribution in [-0.4, -0.2) is 15.3 Å². The standard InChI is InChI=1S/C11H8F2N2O2/c12-7-1-3-10(9(13)5-7)17-11-4-2-8(6-16)14-15-11/h1-5,16H,6H2. The second-order valence-corrected chi connectivity index (χ2v) is 3.20. The lowest BCUT2D eigenvalue weighted by Crippen LogP contribution is -1.96. The molecule has 1 N–H and O–H groups in total. The van der Waals surface area contributed by atoms with E-state index in [4.69, 9.17) is 9.84 Å². The fourth-order valence-corrected chi connectivity index (χ4v) is 1.16. The number of hydrogen-bond donors (Lipinski definition) is 1. The van der Waals surface area contributed by atoms with E-state index in [9.17, 15) is 8.78 Å². The Morgan fingerprint density at radius 2 is 1.94 bits per heavy atom. The number of nitrogens with zero attached hydrogens (tertiary/aromatic N) is 2. The molecule has 1 aromatic heterocycles. The number of halogens is 2. The van der Waals surface area contributed by atoms with Crippen LogP contribution in [0.15, 0.2) is 30.3 Å². The molecule has 0 saturated heterocycles. The molecule has 0 radical (unpaired) electrons. The van der Waals surface area contributed by atoms with Crippen LogP contribution in [0, 0.1) is 11.6 Å². The average Bonchev–Trinajstić information content (AvgIpc) is 2.34. The molecule has 1 aromatic carbocycles. The van der Waals surface area contributed by atoms with Crippen LogP contribution in [0.5, 0.6) is 11.6 Å². The highest BCUT2D eigenvalue weighted by molar-refractivity contribution is 5.28. The summed E-state index contributed by atoms with van der Waals surface area (Å²) in [5.41, 5.74) is 0.372. The number of aliphatic hydroxyl groups excluding tert-OH is 1. The molecule has 0 unspecified atom stereocenters. The van der Waals surface area contributed by atoms with E-state index in [-0.39, 0.29) is 18.2 Å². The first-order valence-corrected chi connectivity index (χ1v) is 4.75. The number of aliphatic hydroxyl groups is 1. The Hall–Kier alpha value is -2.08. The van der Waals surface area contributed by atoms with Crippen molar-refractivity contribution >= 4 is 0 Å². The van der Waals surface area contributed by atoms with E-state index in [1.807, 2.05) is 0 Å². The maximum Gasteiger partial charge on any atom is 0.239 e. The van der Waals surface area contributed by atoms with Gasteiger partial charge < -0.3 is 9.84 Å². The first-order chi connectivity index (χ1) is 8.19. The molecule has 0 atom stereocenters. The molecular weight excluding hydrogens is 230 g/mol. The highest BCUT2D eigenvalue weighted by Crippen LogP contribution is 2.22. The van der Waals surface area contributed by atoms with Crippen molar-refractivity contribution in [3.05, 3.63) is 47.7 Å². The largest absolute Gasteiger partial charge is 0.434 e. The minimum atomic E-state index is -0.821. The van der Waals surface area contributed by atoms with E-state index < -0.39 is 11.6 Å². The number of ether oxygens (including phenoxy) is 1. The summed E-state index contributed by atoms with van der Waals surface area (Å²) >= 11 is 0. The first kappa shape index (κ1) is 11.4. The van der Waals surface area contributed by atoms with Crippen molar-refractivity contribution in [3.63, 3.8) is 0 Å². The van der Waals surface area contributed by atoms with E-state index >= 15 is 0 Å². The monoisotopic (exact) mass is 238 g/mol. The zero-order valence-corrected chi connectivity index (χ0v) is 8.60. The summed E-state index contributed by atoms with van der Waals surface area (Å²) in [4.78, 5) is 0. The topological polar surface area (TPSA) is 55.2 Å². The van der Waals surface area contributed by atoms with Crippen LogP contribution in [0.1, 0.15) is 5.69 Å². The van der Waals surface area contributed by atoms with Crippen molar-refractivity contribution in [2.45, 2.75) is 6.61 Å². The normalized spacial score (nSPS) is 10.3. The van der Waals surface area contributed by atoms with Gasteiger partial charge in [-0.1, -0.05) is 0 Å². The summed E-state index contributed by atoms with van der Waals surface area (Å²) in [6.45, 7) is -0.238. The Kier molecular flexibility index (Phi) is 3.24. The van der Waals surface area contributed by atoms with Crippen LogP contribution in [0.3, 0.4) is 0 Å². The quantitative estimate of drug-likeness (QED) is 0.889. The summed E-state index contributed by atoms with van der Waals surface area (Å²) in [7, 11) is 0. The molecule has 0 aliphatic rings. The molecule has 0 saturated carbocycles. The fraction of sp³-hybridized carbons (Fsp3) is 0.0909. The van der Waals surface area contributed by atoms with Gasteiger partial charge in [0, 0.05) is 12.1 Å². The summed E-state index contributed by atoms with van der Waals surface area (Å²) < 4.78 is 30.9. The van der Waals surface area contributed by atoms with Gasteiger partial charge in [-0.15, -0.1) is 10.2 Å². The molecule has 4 nitrogen and oxygen atoms in total. The van der Waals surface area contributed by atoms with Crippen molar-refractivity contribution in [1.82, 2.24) is 10.2 Å². The number of hydrogen-bond acceptors (Lipinski definition) is 4. The number of rotatable bonds is 3. The predicted octanol–water partition coefficient (Wildman–Crippen LogP) is 2.04. The fourth-order valence-electron chi connectivity index (χ4n) is 1.16. The summed E-state index contributed by atoms with van der Waals surface area (Å²) in [6, 6.07) is 5.87. The minimum absolute atomic E-state index is 0.0627. The molecule has 17 heavy (non-hydrogen) atoms. The Morgan fingerprint density at radius 1 is 1.12 bits per heavy atom. The zero-order valence-electron chi connectivity index (χ0n) is 8.60. The molecule has 0 fully saturated rings. The SMILES string of the molecule is OCc1ccc(Oc2ccc(F)cc2F)nn1. The van der Waals surface area contributed by atoms with Crippen molar-refractivity contribution in [1.29, 1.82) is 0 Å². The molecule has 0 amide bonds. The van der Waals surface area contributed by atoms with Gasteiger partial charge in [0.2, 0.25) is 5.88 Å². The Bertz CT molecular complexity index is 517. The average molecular weight is 238 g/mol. The third kappa shape index (κ3) is 2.73. The second kappa shape index (κ2) is 4.84. The lowest BCUT2D eigenvalue weighted by molar-refractivity contribution is 0.274. The van der Waals surface area contributed by atoms with Gasteiger partial charge in [-0.3, -0.25) is 0 Å². The molecule has 2 aromatic rings. The van der Waals surface area contributed by atoms with Crippen LogP contribution in [0.4, 0.5) is 8.78 Å². The van der Waals surface area contributed by atoms with E-state index in [1.54, 1.807) is 0 Å². The van der Waals surface area contributed by atoms with Crippen LogP contribution < -0.4 is 4.74 Å². The smallest absolute Gasteiger partial charge is 0.239 e. The highest BCUT2D eigenvalue weighted by atomic mass is 19.1. The van der Waals surface area contributed by atoms with Gasteiger partial charge in [-0.25, -0.2) is 8.78 Å². The van der Waals surface area contributed by atoms with Gasteiger partial charge in [0.1, 0.15) is 5.82 Å². The third-order valence-corrected chi connectivity index (χ3v) is 1.97. The number of aromatic nitrogens is 2. The lowest BCUT2D eigenvalue weighted by atomic mass is 10.3. The lowest BCUT2D eigenvalue weighted by Gasteiger charge is -2.05. The van der Waals surface area contributed by atoms with Crippen molar-refractivity contribution < 1.29 is 18.6 Å². The zero-order chi connectivity index (χ0) is 12.3. The molecule has 2 rings (SSSR count). The summed E-state index contributed by atoms with van der Waals surface area (Å²) in [5, 5.41) is 16.0. The Labute approximate surface area is 95.5 Å². The number of benzene rings is 1. The highest BCUT2D eigenvalue weighted by Gasteiger charge is 2.07. The van der Waals surface area contributed by atoms with Crippen LogP contribution in [0.25, 0.3) is 0 Å². The van der Waals surface area contributed by atoms with Gasteiger partial charge >= 0.3 is 0 Å². The van der Waals surface area contributed by atoms with Gasteiger partial charge in [0.15, 0.2) is 11.6 Å². The van der Waals surface area contributed by atoms with Crippen molar-refractivity contribution in [2.75, 3.05) is 0 Å².